The second-order valence-corrected chi connectivity index (χ2v) is 8.77. The summed E-state index contributed by atoms with van der Waals surface area (Å²) < 4.78 is 10.5. The number of aryl methyl sites for hydroxylation is 1. The molecule has 0 aliphatic carbocycles. The van der Waals surface area contributed by atoms with Gasteiger partial charge in [0, 0.05) is 0 Å². The van der Waals surface area contributed by atoms with Crippen molar-refractivity contribution in [3.05, 3.63) is 71.8 Å². The van der Waals surface area contributed by atoms with E-state index in [1.807, 2.05) is 74.5 Å². The van der Waals surface area contributed by atoms with Crippen molar-refractivity contribution in [3.63, 3.8) is 0 Å². The zero-order valence-electron chi connectivity index (χ0n) is 20.7. The van der Waals surface area contributed by atoms with Crippen LogP contribution in [0.4, 0.5) is 4.79 Å². The van der Waals surface area contributed by atoms with Gasteiger partial charge in [-0.2, -0.15) is 0 Å². The van der Waals surface area contributed by atoms with Gasteiger partial charge in [0.1, 0.15) is 18.8 Å². The summed E-state index contributed by atoms with van der Waals surface area (Å²) in [6.45, 7) is 5.95. The van der Waals surface area contributed by atoms with Crippen LogP contribution in [0.15, 0.2) is 60.7 Å². The average Bonchev–Trinajstić information content (AvgIpc) is 2.85. The molecule has 3 atom stereocenters. The smallest absolute Gasteiger partial charge is 0.408 e. The number of carbonyl (C=O) groups is 2. The van der Waals surface area contributed by atoms with Crippen molar-refractivity contribution < 1.29 is 24.2 Å². The first kappa shape index (κ1) is 27.9. The second-order valence-electron chi connectivity index (χ2n) is 8.77. The first-order chi connectivity index (χ1) is 16.8. The van der Waals surface area contributed by atoms with Crippen molar-refractivity contribution in [1.82, 2.24) is 10.6 Å². The summed E-state index contributed by atoms with van der Waals surface area (Å²) in [6, 6.07) is 17.3. The summed E-state index contributed by atoms with van der Waals surface area (Å²) in [5.74, 6) is -0.632. The molecule has 2 aromatic carbocycles. The Morgan fingerprint density at radius 3 is 2.11 bits per heavy atom. The quantitative estimate of drug-likeness (QED) is 0.255. The molecule has 2 aromatic rings. The summed E-state index contributed by atoms with van der Waals surface area (Å²) in [7, 11) is 0. The number of aliphatic hydroxyl groups excluding tert-OH is 1. The van der Waals surface area contributed by atoms with Crippen molar-refractivity contribution in [1.29, 1.82) is 5.41 Å². The van der Waals surface area contributed by atoms with Gasteiger partial charge in [-0.05, 0) is 43.2 Å². The third kappa shape index (κ3) is 10.2. The van der Waals surface area contributed by atoms with E-state index < -0.39 is 30.2 Å². The zero-order chi connectivity index (χ0) is 25.6. The number of rotatable bonds is 13. The Morgan fingerprint density at radius 1 is 0.943 bits per heavy atom. The van der Waals surface area contributed by atoms with Crippen LogP contribution in [0.5, 0.6) is 0 Å². The van der Waals surface area contributed by atoms with E-state index in [-0.39, 0.29) is 25.0 Å². The van der Waals surface area contributed by atoms with Gasteiger partial charge < -0.3 is 25.2 Å². The molecule has 2 rings (SSSR count). The number of ether oxygens (including phenoxy) is 2. The van der Waals surface area contributed by atoms with Gasteiger partial charge in [0.15, 0.2) is 0 Å². The van der Waals surface area contributed by atoms with Gasteiger partial charge in [0.2, 0.25) is 11.8 Å². The molecule has 3 unspecified atom stereocenters. The lowest BCUT2D eigenvalue weighted by Gasteiger charge is -2.27. The number of nitrogens with one attached hydrogen (secondary N) is 3. The minimum atomic E-state index is -1.31. The SMILES string of the molecule is CCOC(=N)C(O)C(CCc1ccccc1)NC(=O)C(CC(C)C)NC(=O)OCc1ccccc1. The van der Waals surface area contributed by atoms with E-state index in [0.717, 1.165) is 11.1 Å². The zero-order valence-corrected chi connectivity index (χ0v) is 20.7. The van der Waals surface area contributed by atoms with E-state index in [9.17, 15) is 14.7 Å². The minimum absolute atomic E-state index is 0.0899. The third-order valence-electron chi connectivity index (χ3n) is 5.39. The molecule has 190 valence electrons. The van der Waals surface area contributed by atoms with Crippen molar-refractivity contribution in [3.8, 4) is 0 Å². The molecule has 0 heterocycles. The van der Waals surface area contributed by atoms with Crippen LogP contribution in [-0.2, 0) is 27.3 Å². The largest absolute Gasteiger partial charge is 0.480 e. The summed E-state index contributed by atoms with van der Waals surface area (Å²) in [4.78, 5) is 25.6. The highest BCUT2D eigenvalue weighted by atomic mass is 16.5. The van der Waals surface area contributed by atoms with E-state index in [4.69, 9.17) is 14.9 Å². The molecule has 0 saturated heterocycles. The molecule has 0 aliphatic rings. The van der Waals surface area contributed by atoms with Crippen LogP contribution >= 0.6 is 0 Å². The minimum Gasteiger partial charge on any atom is -0.480 e. The van der Waals surface area contributed by atoms with Crippen molar-refractivity contribution in [2.45, 2.75) is 64.8 Å². The number of benzene rings is 2. The average molecular weight is 484 g/mol. The molecule has 0 aliphatic heterocycles. The number of carbonyl (C=O) groups excluding carboxylic acids is 2. The van der Waals surface area contributed by atoms with Gasteiger partial charge in [0.25, 0.3) is 0 Å². The number of alkyl carbamates (subject to hydrolysis) is 1. The molecule has 0 spiro atoms. The van der Waals surface area contributed by atoms with Gasteiger partial charge in [-0.1, -0.05) is 74.5 Å². The van der Waals surface area contributed by atoms with Gasteiger partial charge in [-0.15, -0.1) is 0 Å². The summed E-state index contributed by atoms with van der Waals surface area (Å²) in [6.07, 6.45) is -0.648. The van der Waals surface area contributed by atoms with Crippen LogP contribution in [0.3, 0.4) is 0 Å². The van der Waals surface area contributed by atoms with Crippen LogP contribution in [0.2, 0.25) is 0 Å². The normalized spacial score (nSPS) is 13.4. The highest BCUT2D eigenvalue weighted by Gasteiger charge is 2.30. The Bertz CT molecular complexity index is 921. The Kier molecular flexibility index (Phi) is 11.8. The first-order valence-corrected chi connectivity index (χ1v) is 12.0. The highest BCUT2D eigenvalue weighted by molar-refractivity contribution is 5.87. The molecule has 35 heavy (non-hydrogen) atoms. The van der Waals surface area contributed by atoms with Crippen molar-refractivity contribution >= 4 is 17.9 Å². The Labute approximate surface area is 207 Å². The second kappa shape index (κ2) is 14.8. The van der Waals surface area contributed by atoms with Crippen molar-refractivity contribution in [2.75, 3.05) is 6.61 Å². The molecule has 0 fully saturated rings. The molecule has 0 saturated carbocycles. The topological polar surface area (TPSA) is 121 Å². The maximum absolute atomic E-state index is 13.2. The first-order valence-electron chi connectivity index (χ1n) is 12.0. The monoisotopic (exact) mass is 483 g/mol. The van der Waals surface area contributed by atoms with Crippen LogP contribution < -0.4 is 10.6 Å². The predicted molar refractivity (Wildman–Crippen MR) is 135 cm³/mol. The molecular weight excluding hydrogens is 446 g/mol. The molecule has 0 radical (unpaired) electrons. The molecule has 0 bridgehead atoms. The van der Waals surface area contributed by atoms with E-state index >= 15 is 0 Å². The van der Waals surface area contributed by atoms with Crippen molar-refractivity contribution in [2.24, 2.45) is 5.92 Å². The maximum Gasteiger partial charge on any atom is 0.408 e. The Balaban J connectivity index is 2.06. The standard InChI is InChI=1S/C27H37N3O5/c1-4-34-25(28)24(31)22(16-15-20-11-7-5-8-12-20)29-26(32)23(17-19(2)3)30-27(33)35-18-21-13-9-6-10-14-21/h5-14,19,22-24,28,31H,4,15-18H2,1-3H3,(H,29,32)(H,30,33). The van der Waals surface area contributed by atoms with Crippen LogP contribution in [0, 0.1) is 11.3 Å². The molecule has 0 aromatic heterocycles. The lowest BCUT2D eigenvalue weighted by atomic mass is 9.99. The Hall–Kier alpha value is -3.39. The fourth-order valence-corrected chi connectivity index (χ4v) is 3.59. The molecular formula is C27H37N3O5. The molecule has 2 amide bonds. The number of aliphatic hydroxyl groups is 1. The van der Waals surface area contributed by atoms with Gasteiger partial charge in [-0.3, -0.25) is 10.2 Å². The lowest BCUT2D eigenvalue weighted by molar-refractivity contribution is -0.124. The van der Waals surface area contributed by atoms with Gasteiger partial charge in [-0.25, -0.2) is 4.79 Å². The number of hydrogen-bond acceptors (Lipinski definition) is 6. The van der Waals surface area contributed by atoms with E-state index in [1.54, 1.807) is 6.92 Å². The van der Waals surface area contributed by atoms with Crippen LogP contribution in [0.1, 0.15) is 44.7 Å². The predicted octanol–water partition coefficient (Wildman–Crippen LogP) is 3.82. The number of amides is 2. The summed E-state index contributed by atoms with van der Waals surface area (Å²) in [5.41, 5.74) is 1.88. The fourth-order valence-electron chi connectivity index (χ4n) is 3.59. The van der Waals surface area contributed by atoms with Crippen LogP contribution in [0.25, 0.3) is 0 Å². The third-order valence-corrected chi connectivity index (χ3v) is 5.39. The molecule has 8 heteroatoms. The Morgan fingerprint density at radius 2 is 1.54 bits per heavy atom. The summed E-state index contributed by atoms with van der Waals surface area (Å²) >= 11 is 0. The molecule has 8 nitrogen and oxygen atoms in total. The fraction of sp³-hybridized carbons (Fsp3) is 0.444. The van der Waals surface area contributed by atoms with E-state index in [1.165, 1.54) is 0 Å². The lowest BCUT2D eigenvalue weighted by Crippen LogP contribution is -2.54. The van der Waals surface area contributed by atoms with E-state index in [0.29, 0.717) is 19.3 Å². The highest BCUT2D eigenvalue weighted by Crippen LogP contribution is 2.12. The summed E-state index contributed by atoms with van der Waals surface area (Å²) in [5, 5.41) is 24.2. The van der Waals surface area contributed by atoms with Crippen LogP contribution in [-0.4, -0.2) is 47.8 Å². The molecule has 4 N–H and O–H groups in total. The van der Waals surface area contributed by atoms with Gasteiger partial charge >= 0.3 is 6.09 Å². The van der Waals surface area contributed by atoms with E-state index in [2.05, 4.69) is 10.6 Å². The van der Waals surface area contributed by atoms with Gasteiger partial charge in [0.05, 0.1) is 12.6 Å². The number of hydrogen-bond donors (Lipinski definition) is 4. The maximum atomic E-state index is 13.2.